The van der Waals surface area contributed by atoms with Crippen molar-refractivity contribution in [1.29, 1.82) is 0 Å². The number of aromatic amines is 1. The second-order valence-electron chi connectivity index (χ2n) is 6.66. The predicted octanol–water partition coefficient (Wildman–Crippen LogP) is 0.946. The molecule has 2 atom stereocenters. The Bertz CT molecular complexity index is 625. The molecule has 1 fully saturated rings. The molecule has 2 aliphatic heterocycles. The molecule has 1 aromatic heterocycles. The van der Waals surface area contributed by atoms with Crippen LogP contribution in [0.5, 0.6) is 0 Å². The average molecular weight is 295 g/mol. The number of carbonyl (C=O) groups excluding carboxylic acids is 1. The normalized spacial score (nSPS) is 24.7. The van der Waals surface area contributed by atoms with E-state index < -0.39 is 5.60 Å². The molecule has 0 spiro atoms. The monoisotopic (exact) mass is 295 g/mol. The number of H-pyrrole nitrogens is 1. The number of morpholine rings is 1. The predicted molar refractivity (Wildman–Crippen MR) is 75.2 cm³/mol. The van der Waals surface area contributed by atoms with Gasteiger partial charge in [-0.15, -0.1) is 0 Å². The van der Waals surface area contributed by atoms with Crippen molar-refractivity contribution in [2.75, 3.05) is 13.2 Å². The highest BCUT2D eigenvalue weighted by Crippen LogP contribution is 2.35. The number of amides is 1. The number of hydrogen-bond donors (Lipinski definition) is 1. The van der Waals surface area contributed by atoms with Crippen molar-refractivity contribution in [3.63, 3.8) is 0 Å². The van der Waals surface area contributed by atoms with Crippen LogP contribution < -0.4 is 5.56 Å². The van der Waals surface area contributed by atoms with E-state index in [9.17, 15) is 9.59 Å². The van der Waals surface area contributed by atoms with Gasteiger partial charge in [0.15, 0.2) is 0 Å². The van der Waals surface area contributed by atoms with Gasteiger partial charge in [-0.25, -0.2) is 4.79 Å². The summed E-state index contributed by atoms with van der Waals surface area (Å²) in [7, 11) is 1.82. The molecule has 0 radical (unpaired) electrons. The first-order valence-electron chi connectivity index (χ1n) is 7.15. The summed E-state index contributed by atoms with van der Waals surface area (Å²) in [5.74, 6) is 0. The highest BCUT2D eigenvalue weighted by molar-refractivity contribution is 5.70. The van der Waals surface area contributed by atoms with Gasteiger partial charge < -0.3 is 9.47 Å². The van der Waals surface area contributed by atoms with Crippen molar-refractivity contribution < 1.29 is 14.3 Å². The van der Waals surface area contributed by atoms with Crippen molar-refractivity contribution in [2.24, 2.45) is 7.05 Å². The minimum Gasteiger partial charge on any atom is -0.444 e. The first kappa shape index (κ1) is 14.2. The van der Waals surface area contributed by atoms with E-state index in [1.54, 1.807) is 9.58 Å². The lowest BCUT2D eigenvalue weighted by molar-refractivity contribution is -0.0680. The van der Waals surface area contributed by atoms with Crippen LogP contribution in [0.15, 0.2) is 4.79 Å². The Labute approximate surface area is 122 Å². The van der Waals surface area contributed by atoms with Crippen molar-refractivity contribution in [3.05, 3.63) is 21.6 Å². The van der Waals surface area contributed by atoms with Crippen molar-refractivity contribution >= 4 is 6.09 Å². The van der Waals surface area contributed by atoms with E-state index in [1.807, 2.05) is 27.8 Å². The topological polar surface area (TPSA) is 76.6 Å². The van der Waals surface area contributed by atoms with Crippen LogP contribution in [0.25, 0.3) is 0 Å². The molecule has 2 bridgehead atoms. The van der Waals surface area contributed by atoms with E-state index >= 15 is 0 Å². The molecule has 0 aromatic carbocycles. The lowest BCUT2D eigenvalue weighted by Crippen LogP contribution is -2.56. The SMILES string of the molecule is Cn1[nH]c(=O)c2c1CC1COCC2N1C(=O)OC(C)(C)C. The number of nitrogens with one attached hydrogen (secondary N) is 1. The summed E-state index contributed by atoms with van der Waals surface area (Å²) in [4.78, 5) is 26.3. The zero-order valence-corrected chi connectivity index (χ0v) is 12.8. The molecule has 2 unspecified atom stereocenters. The molecular formula is C14H21N3O4. The minimum atomic E-state index is -0.560. The van der Waals surface area contributed by atoms with Crippen LogP contribution in [-0.4, -0.2) is 45.6 Å². The molecule has 2 aliphatic rings. The second-order valence-corrected chi connectivity index (χ2v) is 6.66. The molecule has 3 heterocycles. The molecule has 1 amide bonds. The first-order chi connectivity index (χ1) is 9.78. The zero-order valence-electron chi connectivity index (χ0n) is 12.8. The van der Waals surface area contributed by atoms with E-state index in [2.05, 4.69) is 5.10 Å². The maximum absolute atomic E-state index is 12.5. The van der Waals surface area contributed by atoms with Crippen LogP contribution >= 0.6 is 0 Å². The number of fused-ring (bicyclic) bond motifs is 4. The lowest BCUT2D eigenvalue weighted by Gasteiger charge is -2.45. The molecule has 3 rings (SSSR count). The third-order valence-corrected chi connectivity index (χ3v) is 3.91. The zero-order chi connectivity index (χ0) is 15.4. The van der Waals surface area contributed by atoms with E-state index in [1.165, 1.54) is 0 Å². The van der Waals surface area contributed by atoms with Crippen molar-refractivity contribution in [2.45, 2.75) is 44.9 Å². The number of nitrogens with zero attached hydrogens (tertiary/aromatic N) is 2. The molecule has 0 saturated carbocycles. The summed E-state index contributed by atoms with van der Waals surface area (Å²) in [6.07, 6.45) is 0.218. The maximum Gasteiger partial charge on any atom is 0.411 e. The van der Waals surface area contributed by atoms with E-state index in [4.69, 9.17) is 9.47 Å². The molecule has 1 saturated heterocycles. The largest absolute Gasteiger partial charge is 0.444 e. The van der Waals surface area contributed by atoms with Gasteiger partial charge in [-0.3, -0.25) is 19.5 Å². The van der Waals surface area contributed by atoms with Gasteiger partial charge in [-0.1, -0.05) is 0 Å². The Balaban J connectivity index is 1.98. The molecule has 116 valence electrons. The summed E-state index contributed by atoms with van der Waals surface area (Å²) < 4.78 is 12.8. The van der Waals surface area contributed by atoms with Gasteiger partial charge in [0.2, 0.25) is 0 Å². The van der Waals surface area contributed by atoms with Gasteiger partial charge in [0.25, 0.3) is 5.56 Å². The Morgan fingerprint density at radius 1 is 1.38 bits per heavy atom. The summed E-state index contributed by atoms with van der Waals surface area (Å²) in [6, 6.07) is -0.459. The van der Waals surface area contributed by atoms with Crippen LogP contribution in [0.2, 0.25) is 0 Å². The van der Waals surface area contributed by atoms with Crippen LogP contribution in [0.4, 0.5) is 4.79 Å². The van der Waals surface area contributed by atoms with Gasteiger partial charge >= 0.3 is 6.09 Å². The molecule has 0 aliphatic carbocycles. The minimum absolute atomic E-state index is 0.0903. The number of aromatic nitrogens is 2. The van der Waals surface area contributed by atoms with E-state index in [0.717, 1.165) is 5.69 Å². The highest BCUT2D eigenvalue weighted by atomic mass is 16.6. The number of ether oxygens (including phenoxy) is 2. The molecule has 7 nitrogen and oxygen atoms in total. The Morgan fingerprint density at radius 3 is 2.76 bits per heavy atom. The van der Waals surface area contributed by atoms with Gasteiger partial charge in [0.05, 0.1) is 30.9 Å². The number of rotatable bonds is 0. The lowest BCUT2D eigenvalue weighted by atomic mass is 9.92. The third kappa shape index (κ3) is 2.35. The van der Waals surface area contributed by atoms with Gasteiger partial charge in [0, 0.05) is 19.2 Å². The Morgan fingerprint density at radius 2 is 2.10 bits per heavy atom. The Hall–Kier alpha value is -1.76. The number of carbonyl (C=O) groups is 1. The molecule has 21 heavy (non-hydrogen) atoms. The molecule has 1 aromatic rings. The van der Waals surface area contributed by atoms with Crippen LogP contribution in [-0.2, 0) is 22.9 Å². The fourth-order valence-corrected chi connectivity index (χ4v) is 3.11. The summed E-state index contributed by atoms with van der Waals surface area (Å²) in [6.45, 7) is 6.30. The second kappa shape index (κ2) is 4.62. The summed E-state index contributed by atoms with van der Waals surface area (Å²) in [5.41, 5.74) is 0.864. The number of aryl methyl sites for hydroxylation is 1. The van der Waals surface area contributed by atoms with Gasteiger partial charge in [-0.05, 0) is 20.8 Å². The quantitative estimate of drug-likeness (QED) is 0.773. The average Bonchev–Trinajstić information content (AvgIpc) is 2.61. The maximum atomic E-state index is 12.5. The Kier molecular flexibility index (Phi) is 3.12. The smallest absolute Gasteiger partial charge is 0.411 e. The fourth-order valence-electron chi connectivity index (χ4n) is 3.11. The van der Waals surface area contributed by atoms with Crippen LogP contribution in [0, 0.1) is 0 Å². The highest BCUT2D eigenvalue weighted by Gasteiger charge is 2.45. The standard InChI is InChI=1S/C14H21N3O4/c1-14(2,3)21-13(19)17-8-5-9-11(10(17)7-20-6-8)12(18)15-16(9)4/h8,10H,5-7H2,1-4H3,(H,15,18). The summed E-state index contributed by atoms with van der Waals surface area (Å²) >= 11 is 0. The van der Waals surface area contributed by atoms with Gasteiger partial charge in [-0.2, -0.15) is 0 Å². The van der Waals surface area contributed by atoms with E-state index in [0.29, 0.717) is 25.2 Å². The van der Waals surface area contributed by atoms with Gasteiger partial charge in [0.1, 0.15) is 5.60 Å². The molecule has 1 N–H and O–H groups in total. The van der Waals surface area contributed by atoms with Crippen LogP contribution in [0.3, 0.4) is 0 Å². The van der Waals surface area contributed by atoms with Crippen molar-refractivity contribution in [1.82, 2.24) is 14.7 Å². The summed E-state index contributed by atoms with van der Waals surface area (Å²) in [5, 5.41) is 2.77. The van der Waals surface area contributed by atoms with Crippen molar-refractivity contribution in [3.8, 4) is 0 Å². The molecule has 7 heteroatoms. The molecular weight excluding hydrogens is 274 g/mol. The first-order valence-corrected chi connectivity index (χ1v) is 7.15. The van der Waals surface area contributed by atoms with Crippen LogP contribution in [0.1, 0.15) is 38.1 Å². The fraction of sp³-hybridized carbons (Fsp3) is 0.714. The van der Waals surface area contributed by atoms with E-state index in [-0.39, 0.29) is 23.7 Å². The number of hydrogen-bond acceptors (Lipinski definition) is 4. The third-order valence-electron chi connectivity index (χ3n) is 3.91.